The minimum absolute atomic E-state index is 0.736. The van der Waals surface area contributed by atoms with E-state index in [1.807, 2.05) is 12.1 Å². The Labute approximate surface area is 103 Å². The maximum Gasteiger partial charge on any atom is 0.191 e. The molecule has 0 radical (unpaired) electrons. The van der Waals surface area contributed by atoms with Crippen LogP contribution in [0.2, 0.25) is 0 Å². The van der Waals surface area contributed by atoms with Crippen LogP contribution in [0.5, 0.6) is 5.75 Å². The van der Waals surface area contributed by atoms with Gasteiger partial charge in [-0.1, -0.05) is 0 Å². The first-order valence-electron chi connectivity index (χ1n) is 3.86. The molecule has 0 N–H and O–H groups in total. The first-order valence-corrected chi connectivity index (χ1v) is 5.73. The smallest absolute Gasteiger partial charge is 0.191 e. The van der Waals surface area contributed by atoms with Crippen molar-refractivity contribution in [3.05, 3.63) is 26.6 Å². The standard InChI is InChI=1S/C9H6BrIN2O/c1-14-8-3-7-5(2-6(8)10)4-12-9(11)13-7/h2-4H,1H3. The maximum atomic E-state index is 5.18. The molecule has 0 bridgehead atoms. The second-order valence-corrected chi connectivity index (χ2v) is 4.50. The van der Waals surface area contributed by atoms with Crippen LogP contribution in [0.1, 0.15) is 0 Å². The van der Waals surface area contributed by atoms with Gasteiger partial charge in [0, 0.05) is 40.2 Å². The van der Waals surface area contributed by atoms with Gasteiger partial charge in [-0.25, -0.2) is 9.97 Å². The van der Waals surface area contributed by atoms with Crippen LogP contribution in [0.25, 0.3) is 10.9 Å². The fourth-order valence-electron chi connectivity index (χ4n) is 1.17. The number of hydrogen-bond acceptors (Lipinski definition) is 3. The minimum atomic E-state index is 0.736. The SMILES string of the molecule is COc1cc2nc(I)ncc2cc1Br. The van der Waals surface area contributed by atoms with Crippen LogP contribution < -0.4 is 4.74 Å². The fraction of sp³-hybridized carbons (Fsp3) is 0.111. The van der Waals surface area contributed by atoms with E-state index in [0.29, 0.717) is 0 Å². The highest BCUT2D eigenvalue weighted by Crippen LogP contribution is 2.29. The average Bonchev–Trinajstić information content (AvgIpc) is 2.17. The Morgan fingerprint density at radius 1 is 1.43 bits per heavy atom. The summed E-state index contributed by atoms with van der Waals surface area (Å²) in [5, 5.41) is 0.998. The lowest BCUT2D eigenvalue weighted by Crippen LogP contribution is -1.90. The molecule has 1 aromatic carbocycles. The molecule has 0 spiro atoms. The van der Waals surface area contributed by atoms with Gasteiger partial charge in [0.15, 0.2) is 3.83 Å². The first kappa shape index (κ1) is 10.1. The Morgan fingerprint density at radius 2 is 2.21 bits per heavy atom. The summed E-state index contributed by atoms with van der Waals surface area (Å²) >= 11 is 5.50. The molecule has 5 heteroatoms. The van der Waals surface area contributed by atoms with Gasteiger partial charge in [0.2, 0.25) is 0 Å². The van der Waals surface area contributed by atoms with E-state index in [4.69, 9.17) is 4.74 Å². The number of rotatable bonds is 1. The number of hydrogen-bond donors (Lipinski definition) is 0. The van der Waals surface area contributed by atoms with Gasteiger partial charge in [0.05, 0.1) is 17.1 Å². The van der Waals surface area contributed by atoms with Gasteiger partial charge in [-0.3, -0.25) is 0 Å². The van der Waals surface area contributed by atoms with Gasteiger partial charge in [0.1, 0.15) is 5.75 Å². The third-order valence-electron chi connectivity index (χ3n) is 1.82. The van der Waals surface area contributed by atoms with Crippen molar-refractivity contribution in [3.8, 4) is 5.75 Å². The van der Waals surface area contributed by atoms with Crippen LogP contribution in [-0.4, -0.2) is 17.1 Å². The van der Waals surface area contributed by atoms with Crippen LogP contribution in [-0.2, 0) is 0 Å². The molecule has 0 unspecified atom stereocenters. The summed E-state index contributed by atoms with van der Waals surface area (Å²) in [4.78, 5) is 8.42. The summed E-state index contributed by atoms with van der Waals surface area (Å²) in [5.74, 6) is 0.784. The highest BCUT2D eigenvalue weighted by molar-refractivity contribution is 14.1. The van der Waals surface area contributed by atoms with Crippen molar-refractivity contribution in [1.82, 2.24) is 9.97 Å². The van der Waals surface area contributed by atoms with Crippen molar-refractivity contribution in [1.29, 1.82) is 0 Å². The number of halogens is 2. The lowest BCUT2D eigenvalue weighted by molar-refractivity contribution is 0.412. The van der Waals surface area contributed by atoms with Crippen molar-refractivity contribution < 1.29 is 4.74 Å². The summed E-state index contributed by atoms with van der Waals surface area (Å²) in [7, 11) is 1.64. The Hall–Kier alpha value is -0.430. The second-order valence-electron chi connectivity index (χ2n) is 2.68. The molecule has 1 aromatic heterocycles. The molecular weight excluding hydrogens is 359 g/mol. The van der Waals surface area contributed by atoms with Crippen molar-refractivity contribution in [2.24, 2.45) is 0 Å². The monoisotopic (exact) mass is 364 g/mol. The fourth-order valence-corrected chi connectivity index (χ4v) is 2.09. The van der Waals surface area contributed by atoms with Gasteiger partial charge >= 0.3 is 0 Å². The quantitative estimate of drug-likeness (QED) is 0.576. The Morgan fingerprint density at radius 3 is 2.93 bits per heavy atom. The minimum Gasteiger partial charge on any atom is -0.495 e. The molecule has 2 rings (SSSR count). The summed E-state index contributed by atoms with van der Waals surface area (Å²) in [6.45, 7) is 0. The summed E-state index contributed by atoms with van der Waals surface area (Å²) in [6.07, 6.45) is 1.80. The van der Waals surface area contributed by atoms with Gasteiger partial charge < -0.3 is 4.74 Å². The largest absolute Gasteiger partial charge is 0.495 e. The molecule has 0 fully saturated rings. The first-order chi connectivity index (χ1) is 6.70. The Kier molecular flexibility index (Phi) is 2.87. The van der Waals surface area contributed by atoms with E-state index in [0.717, 1.165) is 25.0 Å². The van der Waals surface area contributed by atoms with E-state index < -0.39 is 0 Å². The lowest BCUT2D eigenvalue weighted by atomic mass is 10.2. The molecule has 0 saturated carbocycles. The van der Waals surface area contributed by atoms with Crippen LogP contribution in [0.4, 0.5) is 0 Å². The zero-order chi connectivity index (χ0) is 10.1. The van der Waals surface area contributed by atoms with E-state index in [1.165, 1.54) is 0 Å². The number of fused-ring (bicyclic) bond motifs is 1. The molecule has 14 heavy (non-hydrogen) atoms. The predicted octanol–water partition coefficient (Wildman–Crippen LogP) is 3.01. The van der Waals surface area contributed by atoms with Crippen LogP contribution in [0.3, 0.4) is 0 Å². The van der Waals surface area contributed by atoms with E-state index in [2.05, 4.69) is 48.5 Å². The normalized spacial score (nSPS) is 10.5. The molecule has 72 valence electrons. The number of nitrogens with zero attached hydrogens (tertiary/aromatic N) is 2. The van der Waals surface area contributed by atoms with Crippen molar-refractivity contribution in [3.63, 3.8) is 0 Å². The molecule has 0 atom stereocenters. The summed E-state index contributed by atoms with van der Waals surface area (Å²) in [5.41, 5.74) is 0.893. The number of benzene rings is 1. The Bertz CT molecular complexity index is 489. The van der Waals surface area contributed by atoms with E-state index in [9.17, 15) is 0 Å². The predicted molar refractivity (Wildman–Crippen MR) is 66.5 cm³/mol. The molecule has 0 saturated heterocycles. The highest BCUT2D eigenvalue weighted by Gasteiger charge is 2.04. The van der Waals surface area contributed by atoms with Gasteiger partial charge in [-0.2, -0.15) is 0 Å². The molecule has 0 amide bonds. The number of aromatic nitrogens is 2. The molecule has 0 aliphatic heterocycles. The summed E-state index contributed by atoms with van der Waals surface area (Å²) in [6, 6.07) is 3.84. The van der Waals surface area contributed by atoms with E-state index in [1.54, 1.807) is 13.3 Å². The lowest BCUT2D eigenvalue weighted by Gasteiger charge is -2.04. The van der Waals surface area contributed by atoms with Crippen LogP contribution >= 0.6 is 38.5 Å². The van der Waals surface area contributed by atoms with Crippen molar-refractivity contribution >= 4 is 49.4 Å². The zero-order valence-electron chi connectivity index (χ0n) is 7.29. The third-order valence-corrected chi connectivity index (χ3v) is 2.96. The topological polar surface area (TPSA) is 35.0 Å². The van der Waals surface area contributed by atoms with Crippen LogP contribution in [0, 0.1) is 3.83 Å². The molecule has 0 aliphatic carbocycles. The molecule has 3 nitrogen and oxygen atoms in total. The van der Waals surface area contributed by atoms with Gasteiger partial charge in [-0.15, -0.1) is 0 Å². The van der Waals surface area contributed by atoms with E-state index in [-0.39, 0.29) is 0 Å². The Balaban J connectivity index is 2.73. The zero-order valence-corrected chi connectivity index (χ0v) is 11.0. The highest BCUT2D eigenvalue weighted by atomic mass is 127. The van der Waals surface area contributed by atoms with Gasteiger partial charge in [-0.05, 0) is 22.0 Å². The molecule has 0 aliphatic rings. The van der Waals surface area contributed by atoms with Crippen molar-refractivity contribution in [2.75, 3.05) is 7.11 Å². The van der Waals surface area contributed by atoms with Crippen molar-refractivity contribution in [2.45, 2.75) is 0 Å². The number of methoxy groups -OCH3 is 1. The number of ether oxygens (including phenoxy) is 1. The van der Waals surface area contributed by atoms with E-state index >= 15 is 0 Å². The molecular formula is C9H6BrIN2O. The maximum absolute atomic E-state index is 5.18. The third kappa shape index (κ3) is 1.83. The summed E-state index contributed by atoms with van der Waals surface area (Å²) < 4.78 is 6.83. The molecule has 1 heterocycles. The second kappa shape index (κ2) is 3.98. The van der Waals surface area contributed by atoms with Gasteiger partial charge in [0.25, 0.3) is 0 Å². The molecule has 2 aromatic rings. The average molecular weight is 365 g/mol. The van der Waals surface area contributed by atoms with Crippen LogP contribution in [0.15, 0.2) is 22.8 Å².